The van der Waals surface area contributed by atoms with Gasteiger partial charge in [0.1, 0.15) is 11.8 Å². The largest absolute Gasteiger partial charge is 0.348 e. The fourth-order valence-corrected chi connectivity index (χ4v) is 2.94. The van der Waals surface area contributed by atoms with Gasteiger partial charge in [-0.25, -0.2) is 4.98 Å². The maximum Gasteiger partial charge on any atom is 0.270 e. The van der Waals surface area contributed by atoms with Gasteiger partial charge in [-0.05, 0) is 37.7 Å². The molecule has 0 aromatic carbocycles. The van der Waals surface area contributed by atoms with Gasteiger partial charge in [-0.15, -0.1) is 0 Å². The lowest BCUT2D eigenvalue weighted by molar-refractivity contribution is 0.0933. The maximum absolute atomic E-state index is 11.9. The van der Waals surface area contributed by atoms with Gasteiger partial charge in [0.25, 0.3) is 5.91 Å². The molecule has 18 heavy (non-hydrogen) atoms. The fourth-order valence-electron chi connectivity index (χ4n) is 2.14. The molecule has 1 aliphatic rings. The summed E-state index contributed by atoms with van der Waals surface area (Å²) in [5, 5.41) is 12.3. The Morgan fingerprint density at radius 2 is 2.39 bits per heavy atom. The van der Waals surface area contributed by atoms with Crippen LogP contribution in [-0.4, -0.2) is 28.4 Å². The predicted octanol–water partition coefficient (Wildman–Crippen LogP) is 1.97. The second kappa shape index (κ2) is 5.87. The standard InChI is InChI=1S/C13H15N3OS/c1-18-11-4-3-10(6-11)16-13(17)12-5-2-9(7-14)8-15-12/h2,5,8,10-11H,3-4,6H2,1H3,(H,16,17). The van der Waals surface area contributed by atoms with Gasteiger partial charge in [-0.3, -0.25) is 4.79 Å². The number of carbonyl (C=O) groups excluding carboxylic acids is 1. The third-order valence-electron chi connectivity index (χ3n) is 3.18. The van der Waals surface area contributed by atoms with Crippen LogP contribution >= 0.6 is 11.8 Å². The molecule has 5 heteroatoms. The van der Waals surface area contributed by atoms with Crippen molar-refractivity contribution in [2.24, 2.45) is 0 Å². The van der Waals surface area contributed by atoms with Crippen LogP contribution in [0.5, 0.6) is 0 Å². The first-order chi connectivity index (χ1) is 8.72. The summed E-state index contributed by atoms with van der Waals surface area (Å²) in [4.78, 5) is 15.9. The summed E-state index contributed by atoms with van der Waals surface area (Å²) in [6.07, 6.45) is 6.76. The van der Waals surface area contributed by atoms with Crippen molar-refractivity contribution in [2.45, 2.75) is 30.6 Å². The minimum Gasteiger partial charge on any atom is -0.348 e. The van der Waals surface area contributed by atoms with Crippen LogP contribution in [0.15, 0.2) is 18.3 Å². The van der Waals surface area contributed by atoms with Crippen LogP contribution < -0.4 is 5.32 Å². The zero-order valence-electron chi connectivity index (χ0n) is 10.2. The minimum absolute atomic E-state index is 0.147. The SMILES string of the molecule is CSC1CCC(NC(=O)c2ccc(C#N)cn2)C1. The lowest BCUT2D eigenvalue weighted by Crippen LogP contribution is -2.33. The normalized spacial score (nSPS) is 22.4. The van der Waals surface area contributed by atoms with Gasteiger partial charge in [0.15, 0.2) is 0 Å². The number of nitrogens with one attached hydrogen (secondary N) is 1. The number of nitrogens with zero attached hydrogens (tertiary/aromatic N) is 2. The summed E-state index contributed by atoms with van der Waals surface area (Å²) in [6, 6.07) is 5.44. The van der Waals surface area contributed by atoms with Crippen molar-refractivity contribution in [3.8, 4) is 6.07 Å². The molecule has 1 aromatic heterocycles. The molecule has 0 spiro atoms. The van der Waals surface area contributed by atoms with E-state index in [0.29, 0.717) is 16.5 Å². The van der Waals surface area contributed by atoms with Crippen LogP contribution in [0, 0.1) is 11.3 Å². The van der Waals surface area contributed by atoms with Crippen molar-refractivity contribution in [3.63, 3.8) is 0 Å². The fraction of sp³-hybridized carbons (Fsp3) is 0.462. The Kier molecular flexibility index (Phi) is 4.21. The topological polar surface area (TPSA) is 65.8 Å². The van der Waals surface area contributed by atoms with Crippen LogP contribution in [0.25, 0.3) is 0 Å². The number of hydrogen-bond donors (Lipinski definition) is 1. The van der Waals surface area contributed by atoms with Crippen LogP contribution in [0.2, 0.25) is 0 Å². The van der Waals surface area contributed by atoms with E-state index in [1.807, 2.05) is 17.8 Å². The van der Waals surface area contributed by atoms with Gasteiger partial charge in [0, 0.05) is 17.5 Å². The van der Waals surface area contributed by atoms with Crippen LogP contribution in [0.1, 0.15) is 35.3 Å². The monoisotopic (exact) mass is 261 g/mol. The summed E-state index contributed by atoms with van der Waals surface area (Å²) in [5.74, 6) is -0.147. The van der Waals surface area contributed by atoms with E-state index in [-0.39, 0.29) is 11.9 Å². The third-order valence-corrected chi connectivity index (χ3v) is 4.27. The molecule has 4 nitrogen and oxygen atoms in total. The molecule has 2 rings (SSSR count). The Balaban J connectivity index is 1.93. The van der Waals surface area contributed by atoms with E-state index in [1.165, 1.54) is 6.20 Å². The Morgan fingerprint density at radius 1 is 1.56 bits per heavy atom. The molecule has 94 valence electrons. The van der Waals surface area contributed by atoms with Gasteiger partial charge < -0.3 is 5.32 Å². The van der Waals surface area contributed by atoms with Gasteiger partial charge in [-0.2, -0.15) is 17.0 Å². The molecule has 2 unspecified atom stereocenters. The van der Waals surface area contributed by atoms with Crippen LogP contribution in [0.4, 0.5) is 0 Å². The average molecular weight is 261 g/mol. The second-order valence-electron chi connectivity index (χ2n) is 4.39. The highest BCUT2D eigenvalue weighted by molar-refractivity contribution is 7.99. The number of hydrogen-bond acceptors (Lipinski definition) is 4. The number of aromatic nitrogens is 1. The number of amides is 1. The first-order valence-electron chi connectivity index (χ1n) is 5.92. The zero-order chi connectivity index (χ0) is 13.0. The van der Waals surface area contributed by atoms with Crippen molar-refractivity contribution in [2.75, 3.05) is 6.26 Å². The Morgan fingerprint density at radius 3 is 2.94 bits per heavy atom. The zero-order valence-corrected chi connectivity index (χ0v) is 11.0. The molecule has 1 aliphatic carbocycles. The average Bonchev–Trinajstić information content (AvgIpc) is 2.86. The number of nitriles is 1. The first-order valence-corrected chi connectivity index (χ1v) is 7.21. The smallest absolute Gasteiger partial charge is 0.270 e. The van der Waals surface area contributed by atoms with Crippen molar-refractivity contribution in [1.82, 2.24) is 10.3 Å². The summed E-state index contributed by atoms with van der Waals surface area (Å²) >= 11 is 1.86. The van der Waals surface area contributed by atoms with E-state index in [4.69, 9.17) is 5.26 Å². The highest BCUT2D eigenvalue weighted by Crippen LogP contribution is 2.28. The first kappa shape index (κ1) is 12.9. The van der Waals surface area contributed by atoms with E-state index in [9.17, 15) is 4.79 Å². The highest BCUT2D eigenvalue weighted by Gasteiger charge is 2.25. The molecule has 1 heterocycles. The number of pyridine rings is 1. The lowest BCUT2D eigenvalue weighted by atomic mass is 10.2. The summed E-state index contributed by atoms with van der Waals surface area (Å²) in [7, 11) is 0. The van der Waals surface area contributed by atoms with E-state index in [2.05, 4.69) is 16.6 Å². The highest BCUT2D eigenvalue weighted by atomic mass is 32.2. The van der Waals surface area contributed by atoms with Gasteiger partial charge in [-0.1, -0.05) is 0 Å². The molecule has 0 radical (unpaired) electrons. The molecule has 1 saturated carbocycles. The Hall–Kier alpha value is -1.54. The molecule has 0 bridgehead atoms. The summed E-state index contributed by atoms with van der Waals surface area (Å²) < 4.78 is 0. The van der Waals surface area contributed by atoms with Crippen LogP contribution in [-0.2, 0) is 0 Å². The number of rotatable bonds is 3. The summed E-state index contributed by atoms with van der Waals surface area (Å²) in [6.45, 7) is 0. The summed E-state index contributed by atoms with van der Waals surface area (Å²) in [5.41, 5.74) is 0.844. The Bertz CT molecular complexity index is 466. The van der Waals surface area contributed by atoms with Crippen molar-refractivity contribution < 1.29 is 4.79 Å². The van der Waals surface area contributed by atoms with E-state index >= 15 is 0 Å². The van der Waals surface area contributed by atoms with Gasteiger partial charge in [0.2, 0.25) is 0 Å². The number of thioether (sulfide) groups is 1. The molecule has 0 saturated heterocycles. The van der Waals surface area contributed by atoms with Crippen LogP contribution in [0.3, 0.4) is 0 Å². The van der Waals surface area contributed by atoms with Crippen molar-refractivity contribution >= 4 is 17.7 Å². The van der Waals surface area contributed by atoms with Crippen molar-refractivity contribution in [1.29, 1.82) is 5.26 Å². The number of carbonyl (C=O) groups is 1. The Labute approximate surface area is 111 Å². The minimum atomic E-state index is -0.147. The van der Waals surface area contributed by atoms with Gasteiger partial charge >= 0.3 is 0 Å². The molecule has 1 fully saturated rings. The van der Waals surface area contributed by atoms with E-state index in [0.717, 1.165) is 19.3 Å². The third kappa shape index (κ3) is 3.02. The second-order valence-corrected chi connectivity index (χ2v) is 5.52. The molecular weight excluding hydrogens is 246 g/mol. The maximum atomic E-state index is 11.9. The predicted molar refractivity (Wildman–Crippen MR) is 71.4 cm³/mol. The molecule has 0 aliphatic heterocycles. The molecule has 1 N–H and O–H groups in total. The molecule has 2 atom stereocenters. The van der Waals surface area contributed by atoms with E-state index in [1.54, 1.807) is 12.1 Å². The molecular formula is C13H15N3OS. The van der Waals surface area contributed by atoms with Crippen molar-refractivity contribution in [3.05, 3.63) is 29.6 Å². The van der Waals surface area contributed by atoms with E-state index < -0.39 is 0 Å². The van der Waals surface area contributed by atoms with Gasteiger partial charge in [0.05, 0.1) is 5.56 Å². The quantitative estimate of drug-likeness (QED) is 0.903. The molecule has 1 amide bonds. The lowest BCUT2D eigenvalue weighted by Gasteiger charge is -2.12. The molecule has 1 aromatic rings.